The van der Waals surface area contributed by atoms with E-state index in [1.807, 2.05) is 6.92 Å². The van der Waals surface area contributed by atoms with Gasteiger partial charge in [0.05, 0.1) is 23.8 Å². The highest BCUT2D eigenvalue weighted by Crippen LogP contribution is 2.42. The lowest BCUT2D eigenvalue weighted by molar-refractivity contribution is -0.116. The molecule has 3 heterocycles. The van der Waals surface area contributed by atoms with Crippen molar-refractivity contribution in [3.63, 3.8) is 0 Å². The Hall–Kier alpha value is -2.88. The largest absolute Gasteiger partial charge is 0.465 e. The lowest BCUT2D eigenvalue weighted by Gasteiger charge is -2.09. The van der Waals surface area contributed by atoms with E-state index in [2.05, 4.69) is 15.4 Å². The Morgan fingerprint density at radius 2 is 2.03 bits per heavy atom. The molecule has 0 bridgehead atoms. The summed E-state index contributed by atoms with van der Waals surface area (Å²) >= 11 is 1.28. The van der Waals surface area contributed by atoms with E-state index in [4.69, 9.17) is 4.74 Å². The molecule has 0 aromatic carbocycles. The summed E-state index contributed by atoms with van der Waals surface area (Å²) in [5.74, 6) is -0.790. The predicted octanol–water partition coefficient (Wildman–Crippen LogP) is 4.66. The number of aryl methyl sites for hydroxylation is 2. The number of ether oxygens (including phenoxy) is 1. The van der Waals surface area contributed by atoms with Gasteiger partial charge in [-0.25, -0.2) is 23.2 Å². The van der Waals surface area contributed by atoms with E-state index in [1.54, 1.807) is 13.8 Å². The molecule has 0 atom stereocenters. The molecule has 10 heteroatoms. The van der Waals surface area contributed by atoms with Crippen LogP contribution in [0.4, 0.5) is 13.8 Å². The first-order chi connectivity index (χ1) is 14.7. The van der Waals surface area contributed by atoms with Gasteiger partial charge in [-0.3, -0.25) is 4.79 Å². The number of pyridine rings is 1. The number of hydrogen-bond acceptors (Lipinski definition) is 6. The molecule has 1 aliphatic rings. The summed E-state index contributed by atoms with van der Waals surface area (Å²) in [7, 11) is 1.28. The van der Waals surface area contributed by atoms with E-state index in [0.717, 1.165) is 23.3 Å². The Morgan fingerprint density at radius 3 is 2.65 bits per heavy atom. The standard InChI is InChI=1S/C21H22F2N4O3S/c1-9-11(3)31-20(16(9)21(29)30-4)25-15(28)8-27-19-17(10(2)26-27)13(18(22)23)7-14(24-19)12-5-6-12/h7,12,18H,5-6,8H2,1-4H3,(H,25,28). The number of anilines is 1. The number of thiophene rings is 1. The maximum absolute atomic E-state index is 13.7. The second kappa shape index (κ2) is 7.99. The van der Waals surface area contributed by atoms with Gasteiger partial charge in [-0.2, -0.15) is 5.10 Å². The first kappa shape index (κ1) is 21.4. The molecule has 164 valence electrons. The van der Waals surface area contributed by atoms with Crippen molar-refractivity contribution in [1.82, 2.24) is 14.8 Å². The van der Waals surface area contributed by atoms with Gasteiger partial charge >= 0.3 is 5.97 Å². The van der Waals surface area contributed by atoms with E-state index in [-0.39, 0.29) is 29.1 Å². The first-order valence-corrected chi connectivity index (χ1v) is 10.7. The van der Waals surface area contributed by atoms with Crippen LogP contribution >= 0.6 is 11.3 Å². The molecular weight excluding hydrogens is 426 g/mol. The number of aromatic nitrogens is 3. The molecule has 1 amide bonds. The molecule has 3 aromatic heterocycles. The number of methoxy groups -OCH3 is 1. The second-order valence-corrected chi connectivity index (χ2v) is 8.90. The van der Waals surface area contributed by atoms with Crippen LogP contribution in [0.15, 0.2) is 6.07 Å². The molecule has 0 saturated heterocycles. The molecule has 1 saturated carbocycles. The predicted molar refractivity (Wildman–Crippen MR) is 113 cm³/mol. The zero-order valence-electron chi connectivity index (χ0n) is 17.6. The van der Waals surface area contributed by atoms with E-state index in [0.29, 0.717) is 22.0 Å². The van der Waals surface area contributed by atoms with Crippen molar-refractivity contribution in [1.29, 1.82) is 0 Å². The van der Waals surface area contributed by atoms with Crippen LogP contribution in [-0.2, 0) is 16.1 Å². The third-order valence-electron chi connectivity index (χ3n) is 5.48. The summed E-state index contributed by atoms with van der Waals surface area (Å²) in [4.78, 5) is 30.3. The minimum absolute atomic E-state index is 0.103. The molecule has 0 aliphatic heterocycles. The SMILES string of the molecule is COC(=O)c1c(NC(=O)Cn2nc(C)c3c(C(F)F)cc(C4CC4)nc32)sc(C)c1C. The summed E-state index contributed by atoms with van der Waals surface area (Å²) in [6, 6.07) is 1.46. The highest BCUT2D eigenvalue weighted by molar-refractivity contribution is 7.16. The molecule has 0 radical (unpaired) electrons. The van der Waals surface area contributed by atoms with Crippen LogP contribution in [0, 0.1) is 20.8 Å². The number of carbonyl (C=O) groups is 2. The van der Waals surface area contributed by atoms with Crippen LogP contribution < -0.4 is 5.32 Å². The van der Waals surface area contributed by atoms with E-state index in [9.17, 15) is 18.4 Å². The van der Waals surface area contributed by atoms with Crippen LogP contribution in [-0.4, -0.2) is 33.8 Å². The van der Waals surface area contributed by atoms with Gasteiger partial charge < -0.3 is 10.1 Å². The summed E-state index contributed by atoms with van der Waals surface area (Å²) in [6.45, 7) is 5.04. The fraction of sp³-hybridized carbons (Fsp3) is 0.429. The van der Waals surface area contributed by atoms with Gasteiger partial charge in [-0.05, 0) is 45.2 Å². The van der Waals surface area contributed by atoms with Crippen molar-refractivity contribution >= 4 is 39.2 Å². The number of rotatable bonds is 6. The number of esters is 1. The number of carbonyl (C=O) groups excluding carboxylic acids is 2. The van der Waals surface area contributed by atoms with Gasteiger partial charge in [0.1, 0.15) is 11.5 Å². The molecule has 0 unspecified atom stereocenters. The molecular formula is C21H22F2N4O3S. The number of halogens is 2. The lowest BCUT2D eigenvalue weighted by Crippen LogP contribution is -2.20. The summed E-state index contributed by atoms with van der Waals surface area (Å²) in [5.41, 5.74) is 2.24. The highest BCUT2D eigenvalue weighted by atomic mass is 32.1. The Kier molecular flexibility index (Phi) is 5.50. The molecule has 4 rings (SSSR count). The van der Waals surface area contributed by atoms with E-state index < -0.39 is 18.3 Å². The minimum atomic E-state index is -2.66. The van der Waals surface area contributed by atoms with E-state index >= 15 is 0 Å². The topological polar surface area (TPSA) is 86.1 Å². The zero-order chi connectivity index (χ0) is 22.4. The minimum Gasteiger partial charge on any atom is -0.465 e. The van der Waals surface area contributed by atoms with Crippen LogP contribution in [0.25, 0.3) is 11.0 Å². The number of amides is 1. The zero-order valence-corrected chi connectivity index (χ0v) is 18.4. The van der Waals surface area contributed by atoms with Gasteiger partial charge in [-0.15, -0.1) is 11.3 Å². The van der Waals surface area contributed by atoms with Crippen molar-refractivity contribution < 1.29 is 23.1 Å². The maximum Gasteiger partial charge on any atom is 0.341 e. The fourth-order valence-corrected chi connectivity index (χ4v) is 4.71. The number of nitrogens with zero attached hydrogens (tertiary/aromatic N) is 3. The lowest BCUT2D eigenvalue weighted by atomic mass is 10.1. The van der Waals surface area contributed by atoms with Crippen LogP contribution in [0.3, 0.4) is 0 Å². The Labute approximate surface area is 181 Å². The smallest absolute Gasteiger partial charge is 0.341 e. The van der Waals surface area contributed by atoms with Gasteiger partial charge in [0.2, 0.25) is 5.91 Å². The molecule has 1 aliphatic carbocycles. The molecule has 1 fully saturated rings. The Balaban J connectivity index is 1.67. The van der Waals surface area contributed by atoms with Crippen LogP contribution in [0.1, 0.15) is 62.9 Å². The molecule has 31 heavy (non-hydrogen) atoms. The summed E-state index contributed by atoms with van der Waals surface area (Å²) in [5, 5.41) is 7.71. The maximum atomic E-state index is 13.7. The average molecular weight is 448 g/mol. The average Bonchev–Trinajstić information content (AvgIpc) is 3.47. The number of hydrogen-bond donors (Lipinski definition) is 1. The molecule has 0 spiro atoms. The monoisotopic (exact) mass is 448 g/mol. The van der Waals surface area contributed by atoms with E-state index in [1.165, 1.54) is 29.2 Å². The number of nitrogens with one attached hydrogen (secondary N) is 1. The first-order valence-electron chi connectivity index (χ1n) is 9.85. The Morgan fingerprint density at radius 1 is 1.32 bits per heavy atom. The van der Waals surface area contributed by atoms with Crippen LogP contribution in [0.5, 0.6) is 0 Å². The molecule has 1 N–H and O–H groups in total. The molecule has 7 nitrogen and oxygen atoms in total. The summed E-state index contributed by atoms with van der Waals surface area (Å²) in [6.07, 6.45) is -0.822. The Bertz CT molecular complexity index is 1200. The number of fused-ring (bicyclic) bond motifs is 1. The second-order valence-electron chi connectivity index (χ2n) is 7.68. The highest BCUT2D eigenvalue weighted by Gasteiger charge is 2.29. The summed E-state index contributed by atoms with van der Waals surface area (Å²) < 4.78 is 33.6. The fourth-order valence-electron chi connectivity index (χ4n) is 3.64. The van der Waals surface area contributed by atoms with Crippen LogP contribution in [0.2, 0.25) is 0 Å². The number of alkyl halides is 2. The molecule has 3 aromatic rings. The van der Waals surface area contributed by atoms with Gasteiger partial charge in [0.25, 0.3) is 6.43 Å². The third kappa shape index (κ3) is 3.91. The normalized spacial score (nSPS) is 13.8. The quantitative estimate of drug-likeness (QED) is 0.555. The van der Waals surface area contributed by atoms with Gasteiger partial charge in [0, 0.05) is 22.1 Å². The van der Waals surface area contributed by atoms with Crippen molar-refractivity contribution in [3.8, 4) is 0 Å². The van der Waals surface area contributed by atoms with Crippen molar-refractivity contribution in [3.05, 3.63) is 39.0 Å². The van der Waals surface area contributed by atoms with Gasteiger partial charge in [0.15, 0.2) is 5.65 Å². The third-order valence-corrected chi connectivity index (χ3v) is 6.60. The van der Waals surface area contributed by atoms with Crippen molar-refractivity contribution in [2.45, 2.75) is 52.5 Å². The van der Waals surface area contributed by atoms with Crippen molar-refractivity contribution in [2.75, 3.05) is 12.4 Å². The van der Waals surface area contributed by atoms with Gasteiger partial charge in [-0.1, -0.05) is 0 Å². The van der Waals surface area contributed by atoms with Crippen molar-refractivity contribution in [2.24, 2.45) is 0 Å².